The molecule has 4 heteroatoms. The number of benzene rings is 1. The SMILES string of the molecule is CSCCN(C)C(=O)c1ccc2c3c([nH]c2c1)CCCC3. The van der Waals surface area contributed by atoms with Crippen molar-refractivity contribution >= 4 is 28.6 Å². The Hall–Kier alpha value is -1.42. The third-order valence-corrected chi connectivity index (χ3v) is 4.91. The van der Waals surface area contributed by atoms with Crippen molar-refractivity contribution in [1.82, 2.24) is 9.88 Å². The molecule has 3 rings (SSSR count). The molecule has 2 aromatic rings. The number of hydrogen-bond donors (Lipinski definition) is 1. The molecule has 21 heavy (non-hydrogen) atoms. The van der Waals surface area contributed by atoms with Crippen molar-refractivity contribution in [2.24, 2.45) is 0 Å². The van der Waals surface area contributed by atoms with Gasteiger partial charge in [-0.3, -0.25) is 4.79 Å². The Labute approximate surface area is 130 Å². The molecule has 1 aliphatic carbocycles. The molecule has 0 spiro atoms. The highest BCUT2D eigenvalue weighted by molar-refractivity contribution is 7.98. The number of carbonyl (C=O) groups excluding carboxylic acids is 1. The van der Waals surface area contributed by atoms with Crippen LogP contribution < -0.4 is 0 Å². The zero-order valence-electron chi connectivity index (χ0n) is 12.7. The summed E-state index contributed by atoms with van der Waals surface area (Å²) in [5, 5.41) is 1.30. The summed E-state index contributed by atoms with van der Waals surface area (Å²) in [6.45, 7) is 0.791. The van der Waals surface area contributed by atoms with Gasteiger partial charge in [-0.1, -0.05) is 6.07 Å². The van der Waals surface area contributed by atoms with Crippen LogP contribution in [0.2, 0.25) is 0 Å². The molecule has 0 unspecified atom stereocenters. The fraction of sp³-hybridized carbons (Fsp3) is 0.471. The van der Waals surface area contributed by atoms with Crippen LogP contribution in [0.3, 0.4) is 0 Å². The largest absolute Gasteiger partial charge is 0.358 e. The molecule has 0 radical (unpaired) electrons. The zero-order chi connectivity index (χ0) is 14.8. The van der Waals surface area contributed by atoms with Crippen molar-refractivity contribution in [3.8, 4) is 0 Å². The third kappa shape index (κ3) is 2.82. The van der Waals surface area contributed by atoms with Crippen LogP contribution in [0.1, 0.15) is 34.5 Å². The van der Waals surface area contributed by atoms with E-state index in [0.717, 1.165) is 36.2 Å². The molecule has 0 aliphatic heterocycles. The van der Waals surface area contributed by atoms with Gasteiger partial charge in [0.1, 0.15) is 0 Å². The summed E-state index contributed by atoms with van der Waals surface area (Å²) in [7, 11) is 1.88. The maximum Gasteiger partial charge on any atom is 0.253 e. The molecule has 1 aliphatic rings. The van der Waals surface area contributed by atoms with E-state index in [4.69, 9.17) is 0 Å². The topological polar surface area (TPSA) is 36.1 Å². The second-order valence-electron chi connectivity index (χ2n) is 5.77. The lowest BCUT2D eigenvalue weighted by molar-refractivity contribution is 0.0804. The van der Waals surface area contributed by atoms with Crippen LogP contribution in [0.15, 0.2) is 18.2 Å². The number of thioether (sulfide) groups is 1. The standard InChI is InChI=1S/C17H22N2OS/c1-19(9-10-21-2)17(20)12-7-8-14-13-5-3-4-6-15(13)18-16(14)11-12/h7-8,11,18H,3-6,9-10H2,1-2H3. The molecule has 3 nitrogen and oxygen atoms in total. The molecular formula is C17H22N2OS. The van der Waals surface area contributed by atoms with E-state index in [1.165, 1.54) is 29.5 Å². The van der Waals surface area contributed by atoms with Crippen molar-refractivity contribution in [2.75, 3.05) is 25.6 Å². The Morgan fingerprint density at radius 3 is 2.95 bits per heavy atom. The van der Waals surface area contributed by atoms with Gasteiger partial charge < -0.3 is 9.88 Å². The molecule has 1 amide bonds. The van der Waals surface area contributed by atoms with Gasteiger partial charge >= 0.3 is 0 Å². The Kier molecular flexibility index (Phi) is 4.24. The number of aryl methyl sites for hydroxylation is 2. The van der Waals surface area contributed by atoms with Crippen molar-refractivity contribution in [2.45, 2.75) is 25.7 Å². The summed E-state index contributed by atoms with van der Waals surface area (Å²) in [5.41, 5.74) is 4.73. The first kappa shape index (κ1) is 14.5. The number of amides is 1. The van der Waals surface area contributed by atoms with E-state index < -0.39 is 0 Å². The molecular weight excluding hydrogens is 280 g/mol. The summed E-state index contributed by atoms with van der Waals surface area (Å²) in [6.07, 6.45) is 6.91. The molecule has 0 bridgehead atoms. The normalized spacial score (nSPS) is 14.2. The van der Waals surface area contributed by atoms with Gasteiger partial charge in [0.15, 0.2) is 0 Å². The third-order valence-electron chi connectivity index (χ3n) is 4.32. The van der Waals surface area contributed by atoms with Gasteiger partial charge in [0, 0.05) is 41.5 Å². The number of nitrogens with zero attached hydrogens (tertiary/aromatic N) is 1. The molecule has 1 heterocycles. The fourth-order valence-corrected chi connectivity index (χ4v) is 3.55. The van der Waals surface area contributed by atoms with Crippen LogP contribution in [0, 0.1) is 0 Å². The number of aromatic nitrogens is 1. The van der Waals surface area contributed by atoms with Crippen LogP contribution in [0.4, 0.5) is 0 Å². The minimum Gasteiger partial charge on any atom is -0.358 e. The van der Waals surface area contributed by atoms with Crippen molar-refractivity contribution in [3.63, 3.8) is 0 Å². The van der Waals surface area contributed by atoms with Gasteiger partial charge in [-0.25, -0.2) is 0 Å². The van der Waals surface area contributed by atoms with Gasteiger partial charge in [-0.15, -0.1) is 0 Å². The lowest BCUT2D eigenvalue weighted by atomic mass is 9.95. The lowest BCUT2D eigenvalue weighted by Crippen LogP contribution is -2.28. The first-order chi connectivity index (χ1) is 10.2. The molecule has 1 N–H and O–H groups in total. The average molecular weight is 302 g/mol. The Balaban J connectivity index is 1.89. The number of H-pyrrole nitrogens is 1. The predicted octanol–water partition coefficient (Wildman–Crippen LogP) is 3.48. The predicted molar refractivity (Wildman–Crippen MR) is 90.3 cm³/mol. The van der Waals surface area contributed by atoms with Crippen molar-refractivity contribution < 1.29 is 4.79 Å². The van der Waals surface area contributed by atoms with Gasteiger partial charge in [-0.05, 0) is 49.6 Å². The van der Waals surface area contributed by atoms with Crippen LogP contribution in [0.25, 0.3) is 10.9 Å². The van der Waals surface area contributed by atoms with Crippen LogP contribution in [0.5, 0.6) is 0 Å². The van der Waals surface area contributed by atoms with Gasteiger partial charge in [0.05, 0.1) is 0 Å². The average Bonchev–Trinajstić information content (AvgIpc) is 2.89. The smallest absolute Gasteiger partial charge is 0.253 e. The Morgan fingerprint density at radius 1 is 1.33 bits per heavy atom. The van der Waals surface area contributed by atoms with E-state index in [9.17, 15) is 4.79 Å². The quantitative estimate of drug-likeness (QED) is 0.938. The van der Waals surface area contributed by atoms with E-state index in [-0.39, 0.29) is 5.91 Å². The summed E-state index contributed by atoms with van der Waals surface area (Å²) in [5.74, 6) is 1.08. The number of fused-ring (bicyclic) bond motifs is 3. The fourth-order valence-electron chi connectivity index (χ4n) is 3.10. The van der Waals surface area contributed by atoms with E-state index in [2.05, 4.69) is 17.3 Å². The summed E-state index contributed by atoms with van der Waals surface area (Å²) in [4.78, 5) is 17.8. The highest BCUT2D eigenvalue weighted by Crippen LogP contribution is 2.29. The number of hydrogen-bond acceptors (Lipinski definition) is 2. The number of aromatic amines is 1. The maximum atomic E-state index is 12.4. The highest BCUT2D eigenvalue weighted by atomic mass is 32.2. The molecule has 112 valence electrons. The van der Waals surface area contributed by atoms with E-state index in [1.807, 2.05) is 19.2 Å². The first-order valence-electron chi connectivity index (χ1n) is 7.58. The monoisotopic (exact) mass is 302 g/mol. The summed E-state index contributed by atoms with van der Waals surface area (Å²) < 4.78 is 0. The van der Waals surface area contributed by atoms with Crippen LogP contribution >= 0.6 is 11.8 Å². The van der Waals surface area contributed by atoms with Crippen molar-refractivity contribution in [1.29, 1.82) is 0 Å². The molecule has 1 aromatic heterocycles. The van der Waals surface area contributed by atoms with E-state index in [0.29, 0.717) is 0 Å². The number of nitrogens with one attached hydrogen (secondary N) is 1. The van der Waals surface area contributed by atoms with Crippen LogP contribution in [-0.2, 0) is 12.8 Å². The maximum absolute atomic E-state index is 12.4. The Bertz CT molecular complexity index is 662. The summed E-state index contributed by atoms with van der Waals surface area (Å²) >= 11 is 1.76. The van der Waals surface area contributed by atoms with Crippen LogP contribution in [-0.4, -0.2) is 41.4 Å². The zero-order valence-corrected chi connectivity index (χ0v) is 13.6. The minimum atomic E-state index is 0.110. The summed E-state index contributed by atoms with van der Waals surface area (Å²) in [6, 6.07) is 6.11. The second-order valence-corrected chi connectivity index (χ2v) is 6.75. The molecule has 1 aromatic carbocycles. The number of carbonyl (C=O) groups is 1. The van der Waals surface area contributed by atoms with E-state index in [1.54, 1.807) is 16.7 Å². The van der Waals surface area contributed by atoms with Gasteiger partial charge in [0.25, 0.3) is 5.91 Å². The molecule has 0 saturated heterocycles. The van der Waals surface area contributed by atoms with E-state index >= 15 is 0 Å². The van der Waals surface area contributed by atoms with Gasteiger partial charge in [0.2, 0.25) is 0 Å². The lowest BCUT2D eigenvalue weighted by Gasteiger charge is -2.16. The van der Waals surface area contributed by atoms with Crippen molar-refractivity contribution in [3.05, 3.63) is 35.0 Å². The molecule has 0 fully saturated rings. The second kappa shape index (κ2) is 6.14. The number of rotatable bonds is 4. The van der Waals surface area contributed by atoms with Gasteiger partial charge in [-0.2, -0.15) is 11.8 Å². The molecule has 0 atom stereocenters. The minimum absolute atomic E-state index is 0.110. The highest BCUT2D eigenvalue weighted by Gasteiger charge is 2.17. The first-order valence-corrected chi connectivity index (χ1v) is 8.98. The molecule has 0 saturated carbocycles. The Morgan fingerprint density at radius 2 is 2.14 bits per heavy atom.